The Kier molecular flexibility index (Phi) is 11.3. The van der Waals surface area contributed by atoms with Crippen LogP contribution in [0.2, 0.25) is 0 Å². The van der Waals surface area contributed by atoms with E-state index in [1.807, 2.05) is 12.3 Å². The van der Waals surface area contributed by atoms with Gasteiger partial charge in [0.1, 0.15) is 5.82 Å². The van der Waals surface area contributed by atoms with Crippen molar-refractivity contribution in [2.75, 3.05) is 42.9 Å². The van der Waals surface area contributed by atoms with Crippen LogP contribution < -0.4 is 15.5 Å². The van der Waals surface area contributed by atoms with E-state index in [4.69, 9.17) is 4.98 Å². The molecule has 4 atom stereocenters. The first-order valence-electron chi connectivity index (χ1n) is 17.6. The van der Waals surface area contributed by atoms with Gasteiger partial charge in [0.15, 0.2) is 0 Å². The van der Waals surface area contributed by atoms with Crippen molar-refractivity contribution >= 4 is 23.8 Å². The average molecular weight is 612 g/mol. The largest absolute Gasteiger partial charge is 0.465 e. The van der Waals surface area contributed by atoms with Crippen molar-refractivity contribution in [3.05, 3.63) is 12.3 Å². The zero-order chi connectivity index (χ0) is 31.1. The molecular formula is C34H57N7O3. The smallest absolute Gasteiger partial charge is 0.407 e. The number of piperidine rings is 2. The minimum absolute atomic E-state index is 0.0716. The molecule has 44 heavy (non-hydrogen) atoms. The Bertz CT molecular complexity index is 1080. The fourth-order valence-electron chi connectivity index (χ4n) is 8.29. The molecule has 5 rings (SSSR count). The number of carbonyl (C=O) groups is 2. The van der Waals surface area contributed by atoms with Crippen molar-refractivity contribution in [2.24, 2.45) is 11.3 Å². The molecule has 3 N–H and O–H groups in total. The van der Waals surface area contributed by atoms with Gasteiger partial charge in [0, 0.05) is 62.5 Å². The van der Waals surface area contributed by atoms with E-state index in [0.717, 1.165) is 50.7 Å². The lowest BCUT2D eigenvalue weighted by Gasteiger charge is -2.47. The number of rotatable bonds is 8. The summed E-state index contributed by atoms with van der Waals surface area (Å²) in [6, 6.07) is 3.01. The molecule has 2 amide bonds. The van der Waals surface area contributed by atoms with Crippen LogP contribution in [-0.2, 0) is 4.79 Å². The van der Waals surface area contributed by atoms with Crippen LogP contribution in [0.3, 0.4) is 0 Å². The van der Waals surface area contributed by atoms with Crippen LogP contribution in [0, 0.1) is 11.3 Å². The van der Waals surface area contributed by atoms with Crippen LogP contribution >= 0.6 is 0 Å². The first kappa shape index (κ1) is 32.8. The molecule has 1 aromatic rings. The highest BCUT2D eigenvalue weighted by Crippen LogP contribution is 2.35. The Morgan fingerprint density at radius 1 is 0.932 bits per heavy atom. The van der Waals surface area contributed by atoms with E-state index < -0.39 is 6.09 Å². The van der Waals surface area contributed by atoms with Crippen LogP contribution in [-0.4, -0.2) is 93.8 Å². The van der Waals surface area contributed by atoms with Crippen molar-refractivity contribution in [3.63, 3.8) is 0 Å². The highest BCUT2D eigenvalue weighted by atomic mass is 16.4. The second kappa shape index (κ2) is 15.1. The molecule has 10 heteroatoms. The molecule has 1 saturated carbocycles. The van der Waals surface area contributed by atoms with Gasteiger partial charge in [0.25, 0.3) is 0 Å². The van der Waals surface area contributed by atoms with E-state index in [9.17, 15) is 14.7 Å². The normalized spacial score (nSPS) is 27.9. The summed E-state index contributed by atoms with van der Waals surface area (Å²) in [5.41, 5.74) is -0.217. The van der Waals surface area contributed by atoms with E-state index in [0.29, 0.717) is 38.0 Å². The third-order valence-corrected chi connectivity index (χ3v) is 10.7. The van der Waals surface area contributed by atoms with E-state index in [-0.39, 0.29) is 29.3 Å². The second-order valence-electron chi connectivity index (χ2n) is 14.8. The third-order valence-electron chi connectivity index (χ3n) is 10.7. The van der Waals surface area contributed by atoms with Crippen LogP contribution in [0.4, 0.5) is 16.6 Å². The minimum atomic E-state index is -0.886. The molecule has 0 aromatic carbocycles. The molecule has 4 heterocycles. The predicted molar refractivity (Wildman–Crippen MR) is 175 cm³/mol. The maximum atomic E-state index is 13.4. The number of hydrogen-bond donors (Lipinski definition) is 3. The summed E-state index contributed by atoms with van der Waals surface area (Å²) in [7, 11) is 0. The second-order valence-corrected chi connectivity index (χ2v) is 14.8. The van der Waals surface area contributed by atoms with Gasteiger partial charge < -0.3 is 25.5 Å². The Hall–Kier alpha value is -2.62. The van der Waals surface area contributed by atoms with Gasteiger partial charge in [-0.05, 0) is 75.8 Å². The predicted octanol–water partition coefficient (Wildman–Crippen LogP) is 5.75. The first-order chi connectivity index (χ1) is 21.2. The fourth-order valence-corrected chi connectivity index (χ4v) is 8.29. The van der Waals surface area contributed by atoms with Crippen LogP contribution in [0.25, 0.3) is 0 Å². The lowest BCUT2D eigenvalue weighted by molar-refractivity contribution is -0.127. The summed E-state index contributed by atoms with van der Waals surface area (Å²) >= 11 is 0. The standard InChI is InChI=1S/C34H57N7O3/c1-34(2,3)29-24-25(17-23-41(29)33(43)44)31(42)35-18-15-28-27(14-11-22-40(28)26-12-7-6-8-13-26)37-32-36-19-16-30(38-32)39-20-9-4-5-10-21-39/h16,19,25-29H,4-15,17-18,20-24H2,1-3H3,(H,35,42)(H,43,44)(H,36,37,38). The van der Waals surface area contributed by atoms with Crippen molar-refractivity contribution in [1.82, 2.24) is 25.1 Å². The van der Waals surface area contributed by atoms with E-state index >= 15 is 0 Å². The van der Waals surface area contributed by atoms with E-state index in [1.165, 1.54) is 62.7 Å². The molecule has 4 fully saturated rings. The van der Waals surface area contributed by atoms with Gasteiger partial charge in [-0.2, -0.15) is 4.98 Å². The number of nitrogens with one attached hydrogen (secondary N) is 2. The van der Waals surface area contributed by atoms with E-state index in [2.05, 4.69) is 46.2 Å². The number of hydrogen-bond acceptors (Lipinski definition) is 7. The molecule has 3 saturated heterocycles. The van der Waals surface area contributed by atoms with Crippen molar-refractivity contribution in [2.45, 2.75) is 135 Å². The van der Waals surface area contributed by atoms with Crippen molar-refractivity contribution < 1.29 is 14.7 Å². The first-order valence-corrected chi connectivity index (χ1v) is 17.6. The van der Waals surface area contributed by atoms with Gasteiger partial charge >= 0.3 is 6.09 Å². The number of anilines is 2. The van der Waals surface area contributed by atoms with Gasteiger partial charge in [0.05, 0.1) is 0 Å². The topological polar surface area (TPSA) is 114 Å². The zero-order valence-electron chi connectivity index (χ0n) is 27.5. The maximum absolute atomic E-state index is 13.4. The SMILES string of the molecule is CC(C)(C)C1CC(C(=O)NCCC2C(Nc3nccc(N4CCCCCC4)n3)CCCN2C2CCCCC2)CCN1C(=O)O. The Balaban J connectivity index is 1.24. The summed E-state index contributed by atoms with van der Waals surface area (Å²) in [6.07, 6.45) is 16.7. The summed E-state index contributed by atoms with van der Waals surface area (Å²) < 4.78 is 0. The van der Waals surface area contributed by atoms with Crippen molar-refractivity contribution in [1.29, 1.82) is 0 Å². The van der Waals surface area contributed by atoms with Gasteiger partial charge in [-0.3, -0.25) is 9.69 Å². The number of carbonyl (C=O) groups excluding carboxylic acids is 1. The van der Waals surface area contributed by atoms with E-state index in [1.54, 1.807) is 0 Å². The Labute approximate surface area is 264 Å². The molecule has 0 bridgehead atoms. The Morgan fingerprint density at radius 3 is 2.36 bits per heavy atom. The van der Waals surface area contributed by atoms with Crippen molar-refractivity contribution in [3.8, 4) is 0 Å². The number of nitrogens with zero attached hydrogens (tertiary/aromatic N) is 5. The molecule has 1 aromatic heterocycles. The number of amides is 2. The monoisotopic (exact) mass is 611 g/mol. The van der Waals surface area contributed by atoms with Gasteiger partial charge in [-0.15, -0.1) is 0 Å². The summed E-state index contributed by atoms with van der Waals surface area (Å²) in [6.45, 7) is 10.5. The molecule has 4 aliphatic rings. The number of aromatic nitrogens is 2. The lowest BCUT2D eigenvalue weighted by atomic mass is 9.77. The van der Waals surface area contributed by atoms with Crippen LogP contribution in [0.5, 0.6) is 0 Å². The average Bonchev–Trinajstić information content (AvgIpc) is 3.31. The quantitative estimate of drug-likeness (QED) is 0.341. The molecular weight excluding hydrogens is 554 g/mol. The highest BCUT2D eigenvalue weighted by molar-refractivity contribution is 5.79. The molecule has 10 nitrogen and oxygen atoms in total. The van der Waals surface area contributed by atoms with Crippen LogP contribution in [0.1, 0.15) is 111 Å². The molecule has 0 radical (unpaired) electrons. The van der Waals surface area contributed by atoms with Gasteiger partial charge in [-0.1, -0.05) is 52.9 Å². The summed E-state index contributed by atoms with van der Waals surface area (Å²) in [5, 5.41) is 16.8. The van der Waals surface area contributed by atoms with Gasteiger partial charge in [0.2, 0.25) is 11.9 Å². The molecule has 3 aliphatic heterocycles. The highest BCUT2D eigenvalue weighted by Gasteiger charge is 2.41. The number of likely N-dealkylation sites (tertiary alicyclic amines) is 2. The summed E-state index contributed by atoms with van der Waals surface area (Å²) in [4.78, 5) is 41.6. The lowest BCUT2D eigenvalue weighted by Crippen LogP contribution is -2.56. The molecule has 4 unspecified atom stereocenters. The van der Waals surface area contributed by atoms with Gasteiger partial charge in [-0.25, -0.2) is 9.78 Å². The molecule has 246 valence electrons. The fraction of sp³-hybridized carbons (Fsp3) is 0.824. The zero-order valence-corrected chi connectivity index (χ0v) is 27.5. The van der Waals surface area contributed by atoms with Crippen LogP contribution in [0.15, 0.2) is 12.3 Å². The maximum Gasteiger partial charge on any atom is 0.407 e. The minimum Gasteiger partial charge on any atom is -0.465 e. The Morgan fingerprint density at radius 2 is 1.66 bits per heavy atom. The molecule has 0 spiro atoms. The summed E-state index contributed by atoms with van der Waals surface area (Å²) in [5.74, 6) is 1.66. The molecule has 1 aliphatic carbocycles. The number of carboxylic acid groups (broad SMARTS) is 1. The third kappa shape index (κ3) is 8.34.